The molecule has 0 fully saturated rings. The summed E-state index contributed by atoms with van der Waals surface area (Å²) in [6.45, 7) is 3.54. The number of pyridine rings is 1. The number of nitrogens with zero attached hydrogens (tertiary/aromatic N) is 1. The summed E-state index contributed by atoms with van der Waals surface area (Å²) >= 11 is 0. The van der Waals surface area contributed by atoms with Crippen molar-refractivity contribution in [1.82, 2.24) is 4.98 Å². The SMILES string of the molecule is CCc1nc2ccccc2c(C)c1C(=O)OCC(=O)c1ccc(-c2ccccc2)cc1. The Kier molecular flexibility index (Phi) is 5.89. The highest BCUT2D eigenvalue weighted by Crippen LogP contribution is 2.24. The number of ketones is 1. The topological polar surface area (TPSA) is 56.3 Å². The minimum absolute atomic E-state index is 0.239. The van der Waals surface area contributed by atoms with Gasteiger partial charge < -0.3 is 4.74 Å². The summed E-state index contributed by atoms with van der Waals surface area (Å²) in [5.74, 6) is -0.751. The third kappa shape index (κ3) is 4.24. The summed E-state index contributed by atoms with van der Waals surface area (Å²) in [7, 11) is 0. The first-order valence-corrected chi connectivity index (χ1v) is 10.3. The van der Waals surface area contributed by atoms with Gasteiger partial charge in [-0.3, -0.25) is 9.78 Å². The molecule has 154 valence electrons. The molecule has 0 unspecified atom stereocenters. The predicted octanol–water partition coefficient (Wildman–Crippen LogP) is 5.81. The number of carbonyl (C=O) groups excluding carboxylic acids is 2. The Morgan fingerprint density at radius 1 is 0.839 bits per heavy atom. The predicted molar refractivity (Wildman–Crippen MR) is 122 cm³/mol. The second-order valence-corrected chi connectivity index (χ2v) is 7.37. The van der Waals surface area contributed by atoms with Crippen LogP contribution in [0.25, 0.3) is 22.0 Å². The summed E-state index contributed by atoms with van der Waals surface area (Å²) < 4.78 is 5.40. The molecule has 4 nitrogen and oxygen atoms in total. The minimum Gasteiger partial charge on any atom is -0.454 e. The fraction of sp³-hybridized carbons (Fsp3) is 0.148. The van der Waals surface area contributed by atoms with Gasteiger partial charge in [0.15, 0.2) is 12.4 Å². The van der Waals surface area contributed by atoms with Crippen LogP contribution in [0, 0.1) is 6.92 Å². The molecule has 0 amide bonds. The van der Waals surface area contributed by atoms with Crippen LogP contribution >= 0.6 is 0 Å². The van der Waals surface area contributed by atoms with E-state index in [9.17, 15) is 9.59 Å². The number of hydrogen-bond acceptors (Lipinski definition) is 4. The lowest BCUT2D eigenvalue weighted by atomic mass is 10.0. The molecular weight excluding hydrogens is 386 g/mol. The molecule has 1 aromatic heterocycles. The van der Waals surface area contributed by atoms with Crippen LogP contribution in [0.3, 0.4) is 0 Å². The van der Waals surface area contributed by atoms with Gasteiger partial charge in [0, 0.05) is 10.9 Å². The molecule has 0 radical (unpaired) electrons. The molecular formula is C27H23NO3. The molecule has 0 saturated carbocycles. The van der Waals surface area contributed by atoms with E-state index in [-0.39, 0.29) is 12.4 Å². The zero-order chi connectivity index (χ0) is 21.8. The number of fused-ring (bicyclic) bond motifs is 1. The highest BCUT2D eigenvalue weighted by atomic mass is 16.5. The fourth-order valence-corrected chi connectivity index (χ4v) is 3.73. The molecule has 0 atom stereocenters. The van der Waals surface area contributed by atoms with Gasteiger partial charge in [-0.05, 0) is 36.1 Å². The summed E-state index contributed by atoms with van der Waals surface area (Å²) in [6, 6.07) is 25.0. The maximum atomic E-state index is 12.8. The summed E-state index contributed by atoms with van der Waals surface area (Å²) in [4.78, 5) is 30.1. The summed E-state index contributed by atoms with van der Waals surface area (Å²) in [6.07, 6.45) is 0.602. The van der Waals surface area contributed by atoms with E-state index in [1.165, 1.54) is 0 Å². The number of benzene rings is 3. The Labute approximate surface area is 181 Å². The molecule has 3 aromatic carbocycles. The monoisotopic (exact) mass is 409 g/mol. The number of para-hydroxylation sites is 1. The molecule has 0 spiro atoms. The molecule has 0 aliphatic heterocycles. The van der Waals surface area contributed by atoms with Crippen molar-refractivity contribution in [3.8, 4) is 11.1 Å². The lowest BCUT2D eigenvalue weighted by molar-refractivity contribution is 0.0472. The molecule has 4 rings (SSSR count). The van der Waals surface area contributed by atoms with Crippen LogP contribution in [0.2, 0.25) is 0 Å². The zero-order valence-corrected chi connectivity index (χ0v) is 17.6. The van der Waals surface area contributed by atoms with Crippen LogP contribution in [-0.2, 0) is 11.2 Å². The molecule has 4 heteroatoms. The first-order valence-electron chi connectivity index (χ1n) is 10.3. The summed E-state index contributed by atoms with van der Waals surface area (Å²) in [5, 5.41) is 0.912. The molecule has 1 heterocycles. The van der Waals surface area contributed by atoms with Crippen molar-refractivity contribution in [1.29, 1.82) is 0 Å². The smallest absolute Gasteiger partial charge is 0.340 e. The van der Waals surface area contributed by atoms with E-state index in [1.807, 2.05) is 80.6 Å². The van der Waals surface area contributed by atoms with Gasteiger partial charge in [0.1, 0.15) is 0 Å². The number of esters is 1. The van der Waals surface area contributed by atoms with Crippen molar-refractivity contribution in [3.63, 3.8) is 0 Å². The molecule has 4 aromatic rings. The first kappa shape index (κ1) is 20.5. The Morgan fingerprint density at radius 2 is 1.48 bits per heavy atom. The zero-order valence-electron chi connectivity index (χ0n) is 17.6. The van der Waals surface area contributed by atoms with Crippen molar-refractivity contribution < 1.29 is 14.3 Å². The quantitative estimate of drug-likeness (QED) is 0.298. The molecule has 0 saturated heterocycles. The maximum Gasteiger partial charge on any atom is 0.340 e. The van der Waals surface area contributed by atoms with Crippen LogP contribution in [0.4, 0.5) is 0 Å². The number of Topliss-reactive ketones (excluding diaryl/α,β-unsaturated/α-hetero) is 1. The number of aryl methyl sites for hydroxylation is 2. The highest BCUT2D eigenvalue weighted by Gasteiger charge is 2.20. The van der Waals surface area contributed by atoms with Gasteiger partial charge in [0.25, 0.3) is 0 Å². The van der Waals surface area contributed by atoms with E-state index in [4.69, 9.17) is 4.74 Å². The van der Waals surface area contributed by atoms with Gasteiger partial charge in [-0.1, -0.05) is 79.7 Å². The second kappa shape index (κ2) is 8.92. The van der Waals surface area contributed by atoms with Crippen LogP contribution < -0.4 is 0 Å². The minimum atomic E-state index is -0.512. The Bertz CT molecular complexity index is 1240. The number of aromatic nitrogens is 1. The lowest BCUT2D eigenvalue weighted by Gasteiger charge is -2.13. The largest absolute Gasteiger partial charge is 0.454 e. The molecule has 0 aliphatic rings. The van der Waals surface area contributed by atoms with Crippen LogP contribution in [-0.4, -0.2) is 23.3 Å². The van der Waals surface area contributed by atoms with Gasteiger partial charge in [-0.25, -0.2) is 4.79 Å². The Hall–Kier alpha value is -3.79. The van der Waals surface area contributed by atoms with Gasteiger partial charge in [0.05, 0.1) is 16.8 Å². The maximum absolute atomic E-state index is 12.8. The summed E-state index contributed by atoms with van der Waals surface area (Å²) in [5.41, 5.74) is 5.43. The number of carbonyl (C=O) groups is 2. The number of hydrogen-bond donors (Lipinski definition) is 0. The van der Waals surface area contributed by atoms with Crippen LogP contribution in [0.1, 0.15) is 38.9 Å². The van der Waals surface area contributed by atoms with E-state index in [2.05, 4.69) is 4.98 Å². The standard InChI is InChI=1S/C27H23NO3/c1-3-23-26(18(2)22-11-7-8-12-24(22)28-23)27(30)31-17-25(29)21-15-13-20(14-16-21)19-9-5-4-6-10-19/h4-16H,3,17H2,1-2H3. The van der Waals surface area contributed by atoms with Crippen molar-refractivity contribution in [2.24, 2.45) is 0 Å². The van der Waals surface area contributed by atoms with E-state index in [0.29, 0.717) is 23.2 Å². The van der Waals surface area contributed by atoms with Crippen molar-refractivity contribution >= 4 is 22.7 Å². The third-order valence-corrected chi connectivity index (χ3v) is 5.41. The average Bonchev–Trinajstić information content (AvgIpc) is 2.83. The number of rotatable bonds is 6. The lowest BCUT2D eigenvalue weighted by Crippen LogP contribution is -2.17. The van der Waals surface area contributed by atoms with Gasteiger partial charge >= 0.3 is 5.97 Å². The molecule has 31 heavy (non-hydrogen) atoms. The molecule has 0 aliphatic carbocycles. The Balaban J connectivity index is 1.50. The van der Waals surface area contributed by atoms with E-state index < -0.39 is 5.97 Å². The van der Waals surface area contributed by atoms with Crippen LogP contribution in [0.15, 0.2) is 78.9 Å². The van der Waals surface area contributed by atoms with Gasteiger partial charge in [-0.15, -0.1) is 0 Å². The first-order chi connectivity index (χ1) is 15.1. The van der Waals surface area contributed by atoms with Crippen molar-refractivity contribution in [3.05, 3.63) is 101 Å². The van der Waals surface area contributed by atoms with Crippen molar-refractivity contribution in [2.45, 2.75) is 20.3 Å². The molecule has 0 N–H and O–H groups in total. The van der Waals surface area contributed by atoms with Crippen LogP contribution in [0.5, 0.6) is 0 Å². The van der Waals surface area contributed by atoms with Gasteiger partial charge in [0.2, 0.25) is 0 Å². The average molecular weight is 409 g/mol. The third-order valence-electron chi connectivity index (χ3n) is 5.41. The normalized spacial score (nSPS) is 10.8. The Morgan fingerprint density at radius 3 is 2.19 bits per heavy atom. The van der Waals surface area contributed by atoms with E-state index in [0.717, 1.165) is 27.6 Å². The van der Waals surface area contributed by atoms with Crippen molar-refractivity contribution in [2.75, 3.05) is 6.61 Å². The molecule has 0 bridgehead atoms. The van der Waals surface area contributed by atoms with E-state index >= 15 is 0 Å². The highest BCUT2D eigenvalue weighted by molar-refractivity contribution is 6.02. The van der Waals surface area contributed by atoms with E-state index in [1.54, 1.807) is 12.1 Å². The second-order valence-electron chi connectivity index (χ2n) is 7.37. The fourth-order valence-electron chi connectivity index (χ4n) is 3.73. The number of ether oxygens (including phenoxy) is 1. The van der Waals surface area contributed by atoms with Gasteiger partial charge in [-0.2, -0.15) is 0 Å².